The topological polar surface area (TPSA) is 53.2 Å². The molecule has 0 aromatic heterocycles. The third-order valence-electron chi connectivity index (χ3n) is 3.19. The number of para-hydroxylation sites is 1. The minimum absolute atomic E-state index is 0.156. The Kier molecular flexibility index (Phi) is 6.26. The molecule has 0 radical (unpaired) electrons. The first kappa shape index (κ1) is 17.9. The van der Waals surface area contributed by atoms with E-state index in [1.54, 1.807) is 30.3 Å². The molecule has 0 unspecified atom stereocenters. The molecular formula is C18H20FN3OS. The maximum atomic E-state index is 12.9. The number of anilines is 2. The summed E-state index contributed by atoms with van der Waals surface area (Å²) in [5.41, 5.74) is 1.79. The Hall–Kier alpha value is -2.47. The van der Waals surface area contributed by atoms with Gasteiger partial charge in [0.2, 0.25) is 0 Å². The lowest BCUT2D eigenvalue weighted by molar-refractivity contribution is 0.0950. The Morgan fingerprint density at radius 2 is 1.75 bits per heavy atom. The number of carbonyl (C=O) groups excluding carboxylic acids is 1. The van der Waals surface area contributed by atoms with Gasteiger partial charge in [-0.05, 0) is 54.5 Å². The smallest absolute Gasteiger partial charge is 0.253 e. The van der Waals surface area contributed by atoms with Crippen LogP contribution < -0.4 is 16.0 Å². The van der Waals surface area contributed by atoms with Crippen LogP contribution >= 0.6 is 12.2 Å². The van der Waals surface area contributed by atoms with Gasteiger partial charge in [0, 0.05) is 12.2 Å². The Morgan fingerprint density at radius 3 is 2.42 bits per heavy atom. The van der Waals surface area contributed by atoms with Gasteiger partial charge in [0.05, 0.1) is 11.3 Å². The quantitative estimate of drug-likeness (QED) is 0.717. The molecule has 0 spiro atoms. The molecule has 1 amide bonds. The van der Waals surface area contributed by atoms with Crippen molar-refractivity contribution in [3.05, 3.63) is 59.9 Å². The van der Waals surface area contributed by atoms with Crippen molar-refractivity contribution in [1.82, 2.24) is 5.32 Å². The van der Waals surface area contributed by atoms with E-state index < -0.39 is 0 Å². The molecule has 2 aromatic carbocycles. The summed E-state index contributed by atoms with van der Waals surface area (Å²) in [6.07, 6.45) is 0. The molecule has 0 saturated carbocycles. The summed E-state index contributed by atoms with van der Waals surface area (Å²) < 4.78 is 12.9. The predicted octanol–water partition coefficient (Wildman–Crippen LogP) is 4.02. The minimum atomic E-state index is -0.313. The molecule has 2 rings (SSSR count). The van der Waals surface area contributed by atoms with Crippen molar-refractivity contribution in [3.8, 4) is 0 Å². The van der Waals surface area contributed by atoms with Gasteiger partial charge in [0.25, 0.3) is 5.91 Å². The third-order valence-corrected chi connectivity index (χ3v) is 3.40. The summed E-state index contributed by atoms with van der Waals surface area (Å²) in [6.45, 7) is 4.67. The highest BCUT2D eigenvalue weighted by atomic mass is 32.1. The molecule has 126 valence electrons. The summed E-state index contributed by atoms with van der Waals surface area (Å²) in [5.74, 6) is -0.0988. The molecule has 0 aliphatic heterocycles. The van der Waals surface area contributed by atoms with Crippen LogP contribution in [0.15, 0.2) is 48.5 Å². The zero-order valence-electron chi connectivity index (χ0n) is 13.6. The van der Waals surface area contributed by atoms with Crippen LogP contribution in [-0.4, -0.2) is 17.6 Å². The fourth-order valence-corrected chi connectivity index (χ4v) is 2.23. The first-order valence-corrected chi connectivity index (χ1v) is 8.07. The second-order valence-electron chi connectivity index (χ2n) is 5.74. The van der Waals surface area contributed by atoms with Crippen LogP contribution in [0.1, 0.15) is 24.2 Å². The minimum Gasteiger partial charge on any atom is -0.352 e. The number of hydrogen-bond acceptors (Lipinski definition) is 2. The van der Waals surface area contributed by atoms with Crippen LogP contribution in [0.5, 0.6) is 0 Å². The highest BCUT2D eigenvalue weighted by Crippen LogP contribution is 2.16. The van der Waals surface area contributed by atoms with Crippen LogP contribution in [0, 0.1) is 11.7 Å². The maximum Gasteiger partial charge on any atom is 0.253 e. The van der Waals surface area contributed by atoms with Crippen LogP contribution in [-0.2, 0) is 0 Å². The monoisotopic (exact) mass is 345 g/mol. The van der Waals surface area contributed by atoms with Crippen LogP contribution in [0.4, 0.5) is 15.8 Å². The second kappa shape index (κ2) is 8.40. The second-order valence-corrected chi connectivity index (χ2v) is 6.14. The van der Waals surface area contributed by atoms with E-state index in [1.165, 1.54) is 12.1 Å². The van der Waals surface area contributed by atoms with E-state index in [4.69, 9.17) is 12.2 Å². The fraction of sp³-hybridized carbons (Fsp3) is 0.222. The van der Waals surface area contributed by atoms with E-state index in [1.807, 2.05) is 19.9 Å². The number of halogens is 1. The lowest BCUT2D eigenvalue weighted by atomic mass is 10.1. The van der Waals surface area contributed by atoms with E-state index in [9.17, 15) is 9.18 Å². The molecule has 4 nitrogen and oxygen atoms in total. The highest BCUT2D eigenvalue weighted by molar-refractivity contribution is 7.80. The molecule has 0 aliphatic carbocycles. The fourth-order valence-electron chi connectivity index (χ4n) is 2.00. The molecule has 6 heteroatoms. The number of thiocarbonyl (C=S) groups is 1. The van der Waals surface area contributed by atoms with Crippen LogP contribution in [0.2, 0.25) is 0 Å². The number of benzene rings is 2. The van der Waals surface area contributed by atoms with Gasteiger partial charge in [-0.25, -0.2) is 4.39 Å². The van der Waals surface area contributed by atoms with Gasteiger partial charge < -0.3 is 16.0 Å². The van der Waals surface area contributed by atoms with Crippen molar-refractivity contribution in [3.63, 3.8) is 0 Å². The zero-order chi connectivity index (χ0) is 17.5. The standard InChI is InChI=1S/C18H20FN3OS/c1-12(2)11-20-17(23)15-5-3-4-6-16(15)22-18(24)21-14-9-7-13(19)8-10-14/h3-10,12H,11H2,1-2H3,(H,20,23)(H2,21,22,24). The molecule has 0 heterocycles. The molecule has 3 N–H and O–H groups in total. The lowest BCUT2D eigenvalue weighted by Gasteiger charge is -2.14. The Bertz CT molecular complexity index is 716. The molecule has 0 saturated heterocycles. The first-order chi connectivity index (χ1) is 11.5. The summed E-state index contributed by atoms with van der Waals surface area (Å²) >= 11 is 5.26. The molecule has 0 fully saturated rings. The molecule has 24 heavy (non-hydrogen) atoms. The van der Waals surface area contributed by atoms with Gasteiger partial charge in [-0.3, -0.25) is 4.79 Å². The first-order valence-electron chi connectivity index (χ1n) is 7.66. The average Bonchev–Trinajstić information content (AvgIpc) is 2.55. The van der Waals surface area contributed by atoms with Gasteiger partial charge in [-0.15, -0.1) is 0 Å². The maximum absolute atomic E-state index is 12.9. The van der Waals surface area contributed by atoms with E-state index >= 15 is 0 Å². The van der Waals surface area contributed by atoms with Gasteiger partial charge >= 0.3 is 0 Å². The molecule has 2 aromatic rings. The summed E-state index contributed by atoms with van der Waals surface area (Å²) in [6, 6.07) is 13.0. The normalized spacial score (nSPS) is 10.3. The Morgan fingerprint density at radius 1 is 1.08 bits per heavy atom. The zero-order valence-corrected chi connectivity index (χ0v) is 14.4. The summed E-state index contributed by atoms with van der Waals surface area (Å²) in [5, 5.41) is 9.17. The van der Waals surface area contributed by atoms with Crippen molar-refractivity contribution in [1.29, 1.82) is 0 Å². The SMILES string of the molecule is CC(C)CNC(=O)c1ccccc1NC(=S)Nc1ccc(F)cc1. The van der Waals surface area contributed by atoms with E-state index in [-0.39, 0.29) is 11.7 Å². The Balaban J connectivity index is 2.05. The average molecular weight is 345 g/mol. The van der Waals surface area contributed by atoms with Gasteiger partial charge in [0.1, 0.15) is 5.82 Å². The van der Waals surface area contributed by atoms with Crippen molar-refractivity contribution < 1.29 is 9.18 Å². The number of hydrogen-bond donors (Lipinski definition) is 3. The third kappa shape index (κ3) is 5.31. The van der Waals surface area contributed by atoms with Gasteiger partial charge in [0.15, 0.2) is 5.11 Å². The van der Waals surface area contributed by atoms with Crippen LogP contribution in [0.25, 0.3) is 0 Å². The largest absolute Gasteiger partial charge is 0.352 e. The molecule has 0 aliphatic rings. The number of rotatable bonds is 5. The van der Waals surface area contributed by atoms with Crippen molar-refractivity contribution in [2.75, 3.05) is 17.2 Å². The molecule has 0 atom stereocenters. The Labute approximate surface area is 146 Å². The lowest BCUT2D eigenvalue weighted by Crippen LogP contribution is -2.29. The number of carbonyl (C=O) groups is 1. The van der Waals surface area contributed by atoms with Crippen molar-refractivity contribution >= 4 is 34.6 Å². The molecular weight excluding hydrogens is 325 g/mol. The van der Waals surface area contributed by atoms with Gasteiger partial charge in [-0.1, -0.05) is 26.0 Å². The number of amides is 1. The number of nitrogens with one attached hydrogen (secondary N) is 3. The van der Waals surface area contributed by atoms with Crippen LogP contribution in [0.3, 0.4) is 0 Å². The molecule has 0 bridgehead atoms. The van der Waals surface area contributed by atoms with E-state index in [2.05, 4.69) is 16.0 Å². The van der Waals surface area contributed by atoms with E-state index in [0.29, 0.717) is 34.5 Å². The predicted molar refractivity (Wildman–Crippen MR) is 99.9 cm³/mol. The van der Waals surface area contributed by atoms with Crippen molar-refractivity contribution in [2.24, 2.45) is 5.92 Å². The van der Waals surface area contributed by atoms with Gasteiger partial charge in [-0.2, -0.15) is 0 Å². The summed E-state index contributed by atoms with van der Waals surface area (Å²) in [7, 11) is 0. The van der Waals surface area contributed by atoms with E-state index in [0.717, 1.165) is 0 Å². The summed E-state index contributed by atoms with van der Waals surface area (Å²) in [4.78, 5) is 12.3. The highest BCUT2D eigenvalue weighted by Gasteiger charge is 2.12. The van der Waals surface area contributed by atoms with Crippen molar-refractivity contribution in [2.45, 2.75) is 13.8 Å².